The molecule has 1 aromatic heterocycles. The molecule has 2 N–H and O–H groups in total. The third-order valence-corrected chi connectivity index (χ3v) is 4.23. The fourth-order valence-electron chi connectivity index (χ4n) is 3.13. The first kappa shape index (κ1) is 14.0. The van der Waals surface area contributed by atoms with Gasteiger partial charge in [0.25, 0.3) is 5.91 Å². The first-order chi connectivity index (χ1) is 10.3. The number of fused-ring (bicyclic) bond motifs is 1. The molecule has 1 unspecified atom stereocenters. The molecule has 3 rings (SSSR count). The molecule has 21 heavy (non-hydrogen) atoms. The van der Waals surface area contributed by atoms with Crippen molar-refractivity contribution in [2.75, 3.05) is 13.1 Å². The molecule has 0 spiro atoms. The Hall–Kier alpha value is -1.94. The molecule has 4 nitrogen and oxygen atoms in total. The number of aromatic nitrogens is 1. The smallest absolute Gasteiger partial charge is 0.254 e. The predicted molar refractivity (Wildman–Crippen MR) is 84.1 cm³/mol. The summed E-state index contributed by atoms with van der Waals surface area (Å²) in [4.78, 5) is 19.1. The van der Waals surface area contributed by atoms with Gasteiger partial charge in [0.2, 0.25) is 0 Å². The van der Waals surface area contributed by atoms with Gasteiger partial charge in [-0.1, -0.05) is 6.07 Å². The van der Waals surface area contributed by atoms with Gasteiger partial charge < -0.3 is 10.6 Å². The molecular weight excluding hydrogens is 262 g/mol. The van der Waals surface area contributed by atoms with E-state index >= 15 is 0 Å². The zero-order valence-corrected chi connectivity index (χ0v) is 12.2. The van der Waals surface area contributed by atoms with Crippen LogP contribution in [0.25, 0.3) is 10.9 Å². The van der Waals surface area contributed by atoms with Gasteiger partial charge >= 0.3 is 0 Å². The lowest BCUT2D eigenvalue weighted by Crippen LogP contribution is -2.35. The van der Waals surface area contributed by atoms with Crippen LogP contribution in [0.5, 0.6) is 0 Å². The Bertz CT molecular complexity index is 641. The lowest BCUT2D eigenvalue weighted by molar-refractivity contribution is 0.0729. The van der Waals surface area contributed by atoms with Crippen molar-refractivity contribution in [3.63, 3.8) is 0 Å². The molecule has 0 saturated carbocycles. The number of carbonyl (C=O) groups is 1. The zero-order chi connectivity index (χ0) is 14.7. The van der Waals surface area contributed by atoms with Crippen LogP contribution in [0.2, 0.25) is 0 Å². The maximum absolute atomic E-state index is 12.7. The average molecular weight is 283 g/mol. The van der Waals surface area contributed by atoms with Crippen molar-refractivity contribution in [3.05, 3.63) is 42.1 Å². The van der Waals surface area contributed by atoms with Gasteiger partial charge in [-0.15, -0.1) is 0 Å². The van der Waals surface area contributed by atoms with Gasteiger partial charge in [-0.25, -0.2) is 0 Å². The Morgan fingerprint density at radius 3 is 3.14 bits per heavy atom. The van der Waals surface area contributed by atoms with Crippen LogP contribution < -0.4 is 5.73 Å². The molecule has 1 aliphatic heterocycles. The van der Waals surface area contributed by atoms with Crippen molar-refractivity contribution >= 4 is 16.8 Å². The fraction of sp³-hybridized carbons (Fsp3) is 0.412. The Labute approximate surface area is 125 Å². The highest BCUT2D eigenvalue weighted by Gasteiger charge is 2.28. The second kappa shape index (κ2) is 6.22. The van der Waals surface area contributed by atoms with E-state index in [2.05, 4.69) is 4.98 Å². The van der Waals surface area contributed by atoms with Gasteiger partial charge in [-0.3, -0.25) is 9.78 Å². The number of benzene rings is 1. The molecule has 1 aliphatic rings. The summed E-state index contributed by atoms with van der Waals surface area (Å²) in [6, 6.07) is 10.0. The van der Waals surface area contributed by atoms with Crippen molar-refractivity contribution in [1.82, 2.24) is 9.88 Å². The van der Waals surface area contributed by atoms with Crippen LogP contribution in [0.15, 0.2) is 36.5 Å². The molecule has 0 radical (unpaired) electrons. The lowest BCUT2D eigenvalue weighted by Gasteiger charge is -2.24. The summed E-state index contributed by atoms with van der Waals surface area (Å²) >= 11 is 0. The summed E-state index contributed by atoms with van der Waals surface area (Å²) in [7, 11) is 0. The maximum Gasteiger partial charge on any atom is 0.254 e. The number of carbonyl (C=O) groups excluding carboxylic acids is 1. The van der Waals surface area contributed by atoms with E-state index in [1.165, 1.54) is 0 Å². The first-order valence-electron chi connectivity index (χ1n) is 7.65. The monoisotopic (exact) mass is 283 g/mol. The minimum Gasteiger partial charge on any atom is -0.336 e. The minimum atomic E-state index is 0.139. The van der Waals surface area contributed by atoms with Gasteiger partial charge in [0.1, 0.15) is 0 Å². The Morgan fingerprint density at radius 2 is 2.29 bits per heavy atom. The second-order valence-corrected chi connectivity index (χ2v) is 5.64. The van der Waals surface area contributed by atoms with E-state index in [1.807, 2.05) is 35.2 Å². The molecule has 1 atom stereocenters. The highest BCUT2D eigenvalue weighted by Crippen LogP contribution is 2.24. The molecule has 4 heteroatoms. The van der Waals surface area contributed by atoms with E-state index in [0.717, 1.165) is 48.7 Å². The molecule has 1 aromatic carbocycles. The number of hydrogen-bond acceptors (Lipinski definition) is 3. The molecule has 1 amide bonds. The van der Waals surface area contributed by atoms with E-state index in [1.54, 1.807) is 6.20 Å². The number of likely N-dealkylation sites (tertiary alicyclic amines) is 1. The van der Waals surface area contributed by atoms with Crippen LogP contribution in [-0.4, -0.2) is 34.9 Å². The summed E-state index contributed by atoms with van der Waals surface area (Å²) in [5.74, 6) is 0.139. The fourth-order valence-corrected chi connectivity index (χ4v) is 3.13. The van der Waals surface area contributed by atoms with Crippen LogP contribution in [0.1, 0.15) is 36.0 Å². The summed E-state index contributed by atoms with van der Waals surface area (Å²) < 4.78 is 0. The van der Waals surface area contributed by atoms with E-state index in [4.69, 9.17) is 5.73 Å². The normalized spacial score (nSPS) is 18.3. The number of pyridine rings is 1. The van der Waals surface area contributed by atoms with E-state index in [-0.39, 0.29) is 5.91 Å². The van der Waals surface area contributed by atoms with Crippen molar-refractivity contribution in [2.24, 2.45) is 5.73 Å². The second-order valence-electron chi connectivity index (χ2n) is 5.64. The summed E-state index contributed by atoms with van der Waals surface area (Å²) in [5, 5.41) is 1.01. The molecule has 2 aromatic rings. The third kappa shape index (κ3) is 2.90. The summed E-state index contributed by atoms with van der Waals surface area (Å²) in [6.45, 7) is 1.55. The molecule has 1 saturated heterocycles. The van der Waals surface area contributed by atoms with Crippen LogP contribution >= 0.6 is 0 Å². The summed E-state index contributed by atoms with van der Waals surface area (Å²) in [5.41, 5.74) is 7.28. The lowest BCUT2D eigenvalue weighted by atomic mass is 10.1. The standard InChI is InChI=1S/C17H21N3O/c18-9-1-5-15-6-3-11-20(15)17(21)14-7-8-16-13(12-14)4-2-10-19-16/h2,4,7-8,10,12,15H,1,3,5-6,9,11,18H2. The maximum atomic E-state index is 12.7. The van der Waals surface area contributed by atoms with E-state index < -0.39 is 0 Å². The molecule has 1 fully saturated rings. The number of hydrogen-bond donors (Lipinski definition) is 1. The first-order valence-corrected chi connectivity index (χ1v) is 7.65. The van der Waals surface area contributed by atoms with Crippen molar-refractivity contribution < 1.29 is 4.79 Å². The van der Waals surface area contributed by atoms with Crippen LogP contribution in [0.3, 0.4) is 0 Å². The van der Waals surface area contributed by atoms with Crippen LogP contribution in [0, 0.1) is 0 Å². The van der Waals surface area contributed by atoms with Gasteiger partial charge in [-0.05, 0) is 56.5 Å². The highest BCUT2D eigenvalue weighted by atomic mass is 16.2. The van der Waals surface area contributed by atoms with Gasteiger partial charge in [0.05, 0.1) is 5.52 Å². The predicted octanol–water partition coefficient (Wildman–Crippen LogP) is 2.58. The Morgan fingerprint density at radius 1 is 1.38 bits per heavy atom. The SMILES string of the molecule is NCCCC1CCCN1C(=O)c1ccc2ncccc2c1. The molecule has 110 valence electrons. The average Bonchev–Trinajstić information content (AvgIpc) is 3.00. The topological polar surface area (TPSA) is 59.2 Å². The minimum absolute atomic E-state index is 0.139. The quantitative estimate of drug-likeness (QED) is 0.938. The zero-order valence-electron chi connectivity index (χ0n) is 12.2. The van der Waals surface area contributed by atoms with Crippen molar-refractivity contribution in [1.29, 1.82) is 0 Å². The van der Waals surface area contributed by atoms with E-state index in [0.29, 0.717) is 12.6 Å². The van der Waals surface area contributed by atoms with Crippen molar-refractivity contribution in [2.45, 2.75) is 31.7 Å². The van der Waals surface area contributed by atoms with E-state index in [9.17, 15) is 4.79 Å². The van der Waals surface area contributed by atoms with Gasteiger partial charge in [0.15, 0.2) is 0 Å². The Kier molecular flexibility index (Phi) is 4.15. The van der Waals surface area contributed by atoms with Crippen molar-refractivity contribution in [3.8, 4) is 0 Å². The van der Waals surface area contributed by atoms with Crippen LogP contribution in [0.4, 0.5) is 0 Å². The Balaban J connectivity index is 1.82. The molecule has 0 bridgehead atoms. The number of nitrogens with zero attached hydrogens (tertiary/aromatic N) is 2. The molecular formula is C17H21N3O. The number of nitrogens with two attached hydrogens (primary N) is 1. The third-order valence-electron chi connectivity index (χ3n) is 4.23. The highest BCUT2D eigenvalue weighted by molar-refractivity contribution is 5.98. The molecule has 0 aliphatic carbocycles. The molecule has 2 heterocycles. The largest absolute Gasteiger partial charge is 0.336 e. The number of amides is 1. The van der Waals surface area contributed by atoms with Crippen LogP contribution in [-0.2, 0) is 0 Å². The van der Waals surface area contributed by atoms with Gasteiger partial charge in [0, 0.05) is 29.7 Å². The number of rotatable bonds is 4. The summed E-state index contributed by atoms with van der Waals surface area (Å²) in [6.07, 6.45) is 5.96. The van der Waals surface area contributed by atoms with Gasteiger partial charge in [-0.2, -0.15) is 0 Å².